The van der Waals surface area contributed by atoms with Crippen LogP contribution in [0.1, 0.15) is 5.56 Å². The number of fused-ring (bicyclic) bond motifs is 1. The Labute approximate surface area is 103 Å². The van der Waals surface area contributed by atoms with Crippen LogP contribution in [0.25, 0.3) is 16.7 Å². The SMILES string of the molecule is NCc1ccc(-n2c(=O)[nH]c3cnccc32)cc1. The average molecular weight is 240 g/mol. The molecule has 0 bridgehead atoms. The molecule has 1 aromatic carbocycles. The summed E-state index contributed by atoms with van der Waals surface area (Å²) in [6.07, 6.45) is 3.31. The normalized spacial score (nSPS) is 10.9. The number of hydrogen-bond acceptors (Lipinski definition) is 3. The van der Waals surface area contributed by atoms with E-state index in [1.54, 1.807) is 17.0 Å². The van der Waals surface area contributed by atoms with E-state index in [0.29, 0.717) is 6.54 Å². The first-order chi connectivity index (χ1) is 8.79. The first-order valence-corrected chi connectivity index (χ1v) is 5.64. The van der Waals surface area contributed by atoms with Gasteiger partial charge in [0, 0.05) is 12.7 Å². The molecule has 0 spiro atoms. The number of H-pyrrole nitrogens is 1. The van der Waals surface area contributed by atoms with Crippen molar-refractivity contribution < 1.29 is 0 Å². The Morgan fingerprint density at radius 1 is 1.22 bits per heavy atom. The number of nitrogens with two attached hydrogens (primary N) is 1. The van der Waals surface area contributed by atoms with Gasteiger partial charge < -0.3 is 10.7 Å². The molecule has 0 aliphatic rings. The third kappa shape index (κ3) is 1.61. The van der Waals surface area contributed by atoms with E-state index in [1.807, 2.05) is 30.3 Å². The van der Waals surface area contributed by atoms with E-state index >= 15 is 0 Å². The molecule has 2 aromatic heterocycles. The van der Waals surface area contributed by atoms with Crippen molar-refractivity contribution in [1.82, 2.24) is 14.5 Å². The van der Waals surface area contributed by atoms with Crippen molar-refractivity contribution in [3.8, 4) is 5.69 Å². The lowest BCUT2D eigenvalue weighted by Crippen LogP contribution is -2.14. The second-order valence-electron chi connectivity index (χ2n) is 4.03. The van der Waals surface area contributed by atoms with Crippen molar-refractivity contribution in [2.45, 2.75) is 6.54 Å². The van der Waals surface area contributed by atoms with Gasteiger partial charge in [0.1, 0.15) is 0 Å². The van der Waals surface area contributed by atoms with Crippen molar-refractivity contribution in [3.05, 3.63) is 58.8 Å². The highest BCUT2D eigenvalue weighted by Crippen LogP contribution is 2.14. The minimum Gasteiger partial charge on any atom is -0.326 e. The van der Waals surface area contributed by atoms with Gasteiger partial charge in [-0.1, -0.05) is 12.1 Å². The van der Waals surface area contributed by atoms with Gasteiger partial charge >= 0.3 is 5.69 Å². The van der Waals surface area contributed by atoms with Gasteiger partial charge in [-0.3, -0.25) is 9.55 Å². The predicted octanol–water partition coefficient (Wildman–Crippen LogP) is 1.17. The fourth-order valence-electron chi connectivity index (χ4n) is 2.00. The van der Waals surface area contributed by atoms with Gasteiger partial charge in [-0.2, -0.15) is 0 Å². The molecular weight excluding hydrogens is 228 g/mol. The van der Waals surface area contributed by atoms with Crippen LogP contribution in [0, 0.1) is 0 Å². The molecule has 2 heterocycles. The van der Waals surface area contributed by atoms with E-state index in [4.69, 9.17) is 5.73 Å². The van der Waals surface area contributed by atoms with Crippen LogP contribution in [0.2, 0.25) is 0 Å². The summed E-state index contributed by atoms with van der Waals surface area (Å²) in [5.41, 5.74) is 8.78. The lowest BCUT2D eigenvalue weighted by Gasteiger charge is -2.04. The maximum atomic E-state index is 11.9. The lowest BCUT2D eigenvalue weighted by molar-refractivity contribution is 1.01. The molecule has 5 nitrogen and oxygen atoms in total. The number of nitrogens with one attached hydrogen (secondary N) is 1. The van der Waals surface area contributed by atoms with Crippen LogP contribution in [-0.2, 0) is 6.54 Å². The summed E-state index contributed by atoms with van der Waals surface area (Å²) < 4.78 is 1.62. The highest BCUT2D eigenvalue weighted by molar-refractivity contribution is 5.75. The Morgan fingerprint density at radius 3 is 2.72 bits per heavy atom. The van der Waals surface area contributed by atoms with E-state index in [2.05, 4.69) is 9.97 Å². The Bertz CT molecular complexity index is 740. The predicted molar refractivity (Wildman–Crippen MR) is 69.6 cm³/mol. The Morgan fingerprint density at radius 2 is 2.00 bits per heavy atom. The van der Waals surface area contributed by atoms with Gasteiger partial charge in [-0.05, 0) is 23.8 Å². The molecule has 0 unspecified atom stereocenters. The van der Waals surface area contributed by atoms with E-state index in [1.165, 1.54) is 0 Å². The second-order valence-corrected chi connectivity index (χ2v) is 4.03. The van der Waals surface area contributed by atoms with Gasteiger partial charge in [-0.25, -0.2) is 4.79 Å². The Hall–Kier alpha value is -2.40. The number of aromatic nitrogens is 3. The van der Waals surface area contributed by atoms with Gasteiger partial charge in [0.25, 0.3) is 0 Å². The number of benzene rings is 1. The summed E-state index contributed by atoms with van der Waals surface area (Å²) in [5, 5.41) is 0. The number of nitrogens with zero attached hydrogens (tertiary/aromatic N) is 2. The number of rotatable bonds is 2. The zero-order valence-electron chi connectivity index (χ0n) is 9.63. The molecule has 0 amide bonds. The highest BCUT2D eigenvalue weighted by Gasteiger charge is 2.07. The quantitative estimate of drug-likeness (QED) is 0.706. The fraction of sp³-hybridized carbons (Fsp3) is 0.0769. The molecular formula is C13H12N4O. The molecule has 18 heavy (non-hydrogen) atoms. The summed E-state index contributed by atoms with van der Waals surface area (Å²) >= 11 is 0. The molecule has 0 aliphatic carbocycles. The van der Waals surface area contributed by atoms with Crippen molar-refractivity contribution in [3.63, 3.8) is 0 Å². The van der Waals surface area contributed by atoms with Gasteiger partial charge in [0.15, 0.2) is 0 Å². The van der Waals surface area contributed by atoms with Gasteiger partial charge in [-0.15, -0.1) is 0 Å². The first-order valence-electron chi connectivity index (χ1n) is 5.64. The fourth-order valence-corrected chi connectivity index (χ4v) is 2.00. The summed E-state index contributed by atoms with van der Waals surface area (Å²) in [5.74, 6) is 0. The maximum Gasteiger partial charge on any atom is 0.331 e. The minimum atomic E-state index is -0.168. The molecule has 0 saturated heterocycles. The Kier molecular flexibility index (Phi) is 2.46. The molecule has 0 radical (unpaired) electrons. The largest absolute Gasteiger partial charge is 0.331 e. The molecule has 0 fully saturated rings. The standard InChI is InChI=1S/C13H12N4O/c14-7-9-1-3-10(4-2-9)17-12-5-6-15-8-11(12)16-13(17)18/h1-6,8H,7,14H2,(H,16,18). The maximum absolute atomic E-state index is 11.9. The van der Waals surface area contributed by atoms with Gasteiger partial charge in [0.2, 0.25) is 0 Å². The third-order valence-electron chi connectivity index (χ3n) is 2.91. The average Bonchev–Trinajstić information content (AvgIpc) is 2.75. The lowest BCUT2D eigenvalue weighted by atomic mass is 10.2. The summed E-state index contributed by atoms with van der Waals surface area (Å²) in [6.45, 7) is 0.493. The molecule has 5 heteroatoms. The number of aromatic amines is 1. The molecule has 3 N–H and O–H groups in total. The third-order valence-corrected chi connectivity index (χ3v) is 2.91. The van der Waals surface area contributed by atoms with Crippen LogP contribution in [0.5, 0.6) is 0 Å². The van der Waals surface area contributed by atoms with Crippen molar-refractivity contribution in [1.29, 1.82) is 0 Å². The zero-order valence-corrected chi connectivity index (χ0v) is 9.63. The Balaban J connectivity index is 2.24. The zero-order chi connectivity index (χ0) is 12.5. The van der Waals surface area contributed by atoms with Crippen LogP contribution in [0.4, 0.5) is 0 Å². The second kappa shape index (κ2) is 4.12. The van der Waals surface area contributed by atoms with E-state index in [-0.39, 0.29) is 5.69 Å². The summed E-state index contributed by atoms with van der Waals surface area (Å²) in [6, 6.07) is 9.42. The van der Waals surface area contributed by atoms with E-state index in [9.17, 15) is 4.79 Å². The summed E-state index contributed by atoms with van der Waals surface area (Å²) in [4.78, 5) is 18.7. The number of imidazole rings is 1. The van der Waals surface area contributed by atoms with Crippen LogP contribution in [0.15, 0.2) is 47.5 Å². The van der Waals surface area contributed by atoms with Crippen LogP contribution >= 0.6 is 0 Å². The number of pyridine rings is 1. The van der Waals surface area contributed by atoms with Crippen LogP contribution < -0.4 is 11.4 Å². The number of hydrogen-bond donors (Lipinski definition) is 2. The van der Waals surface area contributed by atoms with E-state index in [0.717, 1.165) is 22.3 Å². The van der Waals surface area contributed by atoms with Crippen molar-refractivity contribution in [2.24, 2.45) is 5.73 Å². The molecule has 3 aromatic rings. The molecule has 0 atom stereocenters. The first kappa shape index (κ1) is 10.7. The van der Waals surface area contributed by atoms with Crippen molar-refractivity contribution >= 4 is 11.0 Å². The molecule has 3 rings (SSSR count). The highest BCUT2D eigenvalue weighted by atomic mass is 16.1. The smallest absolute Gasteiger partial charge is 0.326 e. The molecule has 0 aliphatic heterocycles. The summed E-state index contributed by atoms with van der Waals surface area (Å²) in [7, 11) is 0. The van der Waals surface area contributed by atoms with Crippen LogP contribution in [0.3, 0.4) is 0 Å². The van der Waals surface area contributed by atoms with Crippen LogP contribution in [-0.4, -0.2) is 14.5 Å². The van der Waals surface area contributed by atoms with E-state index < -0.39 is 0 Å². The minimum absolute atomic E-state index is 0.168. The topological polar surface area (TPSA) is 76.7 Å². The van der Waals surface area contributed by atoms with Gasteiger partial charge in [0.05, 0.1) is 22.9 Å². The molecule has 0 saturated carbocycles. The van der Waals surface area contributed by atoms with Crippen molar-refractivity contribution in [2.75, 3.05) is 0 Å². The molecule has 90 valence electrons. The monoisotopic (exact) mass is 240 g/mol.